The molecule has 0 bridgehead atoms. The van der Waals surface area contributed by atoms with Crippen LogP contribution in [0.2, 0.25) is 0 Å². The zero-order valence-electron chi connectivity index (χ0n) is 9.11. The maximum atomic E-state index is 12.6. The Balaban J connectivity index is 2.16. The van der Waals surface area contributed by atoms with E-state index < -0.39 is 30.1 Å². The summed E-state index contributed by atoms with van der Waals surface area (Å²) < 4.78 is 53.2. The van der Waals surface area contributed by atoms with Gasteiger partial charge in [0.05, 0.1) is 12.6 Å². The van der Waals surface area contributed by atoms with Gasteiger partial charge in [-0.2, -0.15) is 18.2 Å². The Morgan fingerprint density at radius 2 is 2.05 bits per heavy atom. The van der Waals surface area contributed by atoms with Crippen molar-refractivity contribution in [1.82, 2.24) is 15.1 Å². The second-order valence-electron chi connectivity index (χ2n) is 3.47. The molecule has 0 radical (unpaired) electrons. The summed E-state index contributed by atoms with van der Waals surface area (Å²) >= 11 is 0. The average Bonchev–Trinajstić information content (AvgIpc) is 2.77. The maximum absolute atomic E-state index is 12.6. The van der Waals surface area contributed by atoms with Crippen molar-refractivity contribution in [3.05, 3.63) is 30.0 Å². The second-order valence-corrected chi connectivity index (χ2v) is 3.47. The number of rotatable bonds is 3. The standard InChI is InChI=1S/C10H5F4N3O2/c11-5-1-2-6(15-4-5)9-16-8(19-17-9)3-7(18)10(12,13)14/h1-2,4H,3H2. The number of hydrogen-bond acceptors (Lipinski definition) is 5. The van der Waals surface area contributed by atoms with Gasteiger partial charge in [-0.15, -0.1) is 0 Å². The molecule has 0 saturated carbocycles. The van der Waals surface area contributed by atoms with Crippen LogP contribution in [0.4, 0.5) is 17.6 Å². The monoisotopic (exact) mass is 275 g/mol. The predicted molar refractivity (Wildman–Crippen MR) is 52.3 cm³/mol. The minimum Gasteiger partial charge on any atom is -0.338 e. The van der Waals surface area contributed by atoms with Crippen LogP contribution in [0.5, 0.6) is 0 Å². The molecule has 0 aliphatic carbocycles. The van der Waals surface area contributed by atoms with Gasteiger partial charge in [0.1, 0.15) is 11.5 Å². The number of pyridine rings is 1. The molecule has 5 nitrogen and oxygen atoms in total. The Morgan fingerprint density at radius 3 is 2.63 bits per heavy atom. The maximum Gasteiger partial charge on any atom is 0.450 e. The van der Waals surface area contributed by atoms with E-state index >= 15 is 0 Å². The van der Waals surface area contributed by atoms with Gasteiger partial charge < -0.3 is 4.52 Å². The normalized spacial score (nSPS) is 11.6. The SMILES string of the molecule is O=C(Cc1nc(-c2ccc(F)cn2)no1)C(F)(F)F. The summed E-state index contributed by atoms with van der Waals surface area (Å²) in [5.74, 6) is -3.18. The summed E-state index contributed by atoms with van der Waals surface area (Å²) in [5, 5.41) is 3.36. The quantitative estimate of drug-likeness (QED) is 0.801. The van der Waals surface area contributed by atoms with Crippen molar-refractivity contribution in [3.8, 4) is 11.5 Å². The van der Waals surface area contributed by atoms with E-state index in [9.17, 15) is 22.4 Å². The van der Waals surface area contributed by atoms with Crippen molar-refractivity contribution >= 4 is 5.78 Å². The molecule has 0 saturated heterocycles. The average molecular weight is 275 g/mol. The largest absolute Gasteiger partial charge is 0.450 e. The van der Waals surface area contributed by atoms with Gasteiger partial charge >= 0.3 is 6.18 Å². The van der Waals surface area contributed by atoms with Crippen LogP contribution in [0.25, 0.3) is 11.5 Å². The van der Waals surface area contributed by atoms with Crippen molar-refractivity contribution < 1.29 is 26.9 Å². The van der Waals surface area contributed by atoms with Crippen molar-refractivity contribution in [2.45, 2.75) is 12.6 Å². The minimum atomic E-state index is -4.96. The summed E-state index contributed by atoms with van der Waals surface area (Å²) in [6.45, 7) is 0. The molecule has 0 aliphatic rings. The Morgan fingerprint density at radius 1 is 1.32 bits per heavy atom. The van der Waals surface area contributed by atoms with Crippen molar-refractivity contribution in [2.24, 2.45) is 0 Å². The molecule has 0 aliphatic heterocycles. The summed E-state index contributed by atoms with van der Waals surface area (Å²) in [6, 6.07) is 2.31. The molecule has 2 heterocycles. The fourth-order valence-corrected chi connectivity index (χ4v) is 1.18. The molecular formula is C10H5F4N3O2. The van der Waals surface area contributed by atoms with Gasteiger partial charge in [0.25, 0.3) is 0 Å². The van der Waals surface area contributed by atoms with Gasteiger partial charge in [-0.25, -0.2) is 9.37 Å². The van der Waals surface area contributed by atoms with Crippen LogP contribution in [0, 0.1) is 5.82 Å². The number of nitrogens with zero attached hydrogens (tertiary/aromatic N) is 3. The van der Waals surface area contributed by atoms with Gasteiger partial charge in [-0.1, -0.05) is 5.16 Å². The molecule has 9 heteroatoms. The first-order valence-electron chi connectivity index (χ1n) is 4.91. The van der Waals surface area contributed by atoms with E-state index in [0.29, 0.717) is 0 Å². The molecule has 0 aromatic carbocycles. The lowest BCUT2D eigenvalue weighted by atomic mass is 10.3. The Bertz CT molecular complexity index is 592. The molecule has 0 unspecified atom stereocenters. The zero-order chi connectivity index (χ0) is 14.0. The highest BCUT2D eigenvalue weighted by atomic mass is 19.4. The van der Waals surface area contributed by atoms with Crippen LogP contribution in [-0.4, -0.2) is 27.1 Å². The fraction of sp³-hybridized carbons (Fsp3) is 0.200. The van der Waals surface area contributed by atoms with Gasteiger partial charge in [0, 0.05) is 0 Å². The molecule has 0 atom stereocenters. The van der Waals surface area contributed by atoms with E-state index in [2.05, 4.69) is 19.6 Å². The third-order valence-electron chi connectivity index (χ3n) is 2.05. The minimum absolute atomic E-state index is 0.120. The van der Waals surface area contributed by atoms with Crippen LogP contribution in [0.3, 0.4) is 0 Å². The molecule has 0 spiro atoms. The molecule has 0 fully saturated rings. The number of Topliss-reactive ketones (excluding diaryl/α,β-unsaturated/α-hetero) is 1. The highest BCUT2D eigenvalue weighted by molar-refractivity contribution is 5.85. The number of aromatic nitrogens is 3. The van der Waals surface area contributed by atoms with E-state index in [4.69, 9.17) is 0 Å². The first kappa shape index (κ1) is 13.1. The van der Waals surface area contributed by atoms with Crippen LogP contribution >= 0.6 is 0 Å². The van der Waals surface area contributed by atoms with Crippen LogP contribution < -0.4 is 0 Å². The van der Waals surface area contributed by atoms with Gasteiger partial charge in [0.2, 0.25) is 17.5 Å². The first-order valence-corrected chi connectivity index (χ1v) is 4.91. The first-order chi connectivity index (χ1) is 8.86. The van der Waals surface area contributed by atoms with Gasteiger partial charge in [0.15, 0.2) is 0 Å². The van der Waals surface area contributed by atoms with Crippen LogP contribution in [0.15, 0.2) is 22.9 Å². The fourth-order valence-electron chi connectivity index (χ4n) is 1.18. The lowest BCUT2D eigenvalue weighted by Crippen LogP contribution is -2.24. The Labute approximate surface area is 103 Å². The number of carbonyl (C=O) groups is 1. The molecule has 0 amide bonds. The van der Waals surface area contributed by atoms with E-state index in [1.54, 1.807) is 0 Å². The van der Waals surface area contributed by atoms with E-state index in [1.165, 1.54) is 6.07 Å². The predicted octanol–water partition coefficient (Wildman–Crippen LogP) is 1.94. The number of ketones is 1. The summed E-state index contributed by atoms with van der Waals surface area (Å²) in [5.41, 5.74) is 0.121. The van der Waals surface area contributed by atoms with Crippen molar-refractivity contribution in [3.63, 3.8) is 0 Å². The van der Waals surface area contributed by atoms with Crippen LogP contribution in [-0.2, 0) is 11.2 Å². The smallest absolute Gasteiger partial charge is 0.338 e. The molecule has 2 rings (SSSR count). The topological polar surface area (TPSA) is 68.9 Å². The Kier molecular flexibility index (Phi) is 3.28. The molecule has 2 aromatic rings. The lowest BCUT2D eigenvalue weighted by molar-refractivity contribution is -0.170. The third kappa shape index (κ3) is 3.12. The molecule has 100 valence electrons. The van der Waals surface area contributed by atoms with Crippen molar-refractivity contribution in [2.75, 3.05) is 0 Å². The number of alkyl halides is 3. The Hall–Kier alpha value is -2.32. The second kappa shape index (κ2) is 4.75. The van der Waals surface area contributed by atoms with E-state index in [0.717, 1.165) is 12.3 Å². The number of hydrogen-bond donors (Lipinski definition) is 0. The molecule has 0 N–H and O–H groups in total. The number of halogens is 4. The summed E-state index contributed by atoms with van der Waals surface area (Å²) in [6.07, 6.45) is -5.10. The van der Waals surface area contributed by atoms with E-state index in [1.807, 2.05) is 0 Å². The highest BCUT2D eigenvalue weighted by Gasteiger charge is 2.39. The molecule has 19 heavy (non-hydrogen) atoms. The van der Waals surface area contributed by atoms with Crippen molar-refractivity contribution in [1.29, 1.82) is 0 Å². The molecular weight excluding hydrogens is 270 g/mol. The number of carbonyl (C=O) groups excluding carboxylic acids is 1. The highest BCUT2D eigenvalue weighted by Crippen LogP contribution is 2.19. The zero-order valence-corrected chi connectivity index (χ0v) is 9.11. The third-order valence-corrected chi connectivity index (χ3v) is 2.05. The summed E-state index contributed by atoms with van der Waals surface area (Å²) in [4.78, 5) is 17.9. The summed E-state index contributed by atoms with van der Waals surface area (Å²) in [7, 11) is 0. The molecule has 2 aromatic heterocycles. The lowest BCUT2D eigenvalue weighted by Gasteiger charge is -2.00. The van der Waals surface area contributed by atoms with Gasteiger partial charge in [-0.3, -0.25) is 4.79 Å². The van der Waals surface area contributed by atoms with E-state index in [-0.39, 0.29) is 11.5 Å². The van der Waals surface area contributed by atoms with Gasteiger partial charge in [-0.05, 0) is 12.1 Å². The van der Waals surface area contributed by atoms with Crippen LogP contribution in [0.1, 0.15) is 5.89 Å².